The number of halogens is 1. The molecule has 3 rings (SSSR count). The maximum Gasteiger partial charge on any atom is 0.200 e. The van der Waals surface area contributed by atoms with Gasteiger partial charge in [0.25, 0.3) is 0 Å². The fraction of sp³-hybridized carbons (Fsp3) is 0. The van der Waals surface area contributed by atoms with Crippen LogP contribution in [0.3, 0.4) is 0 Å². The quantitative estimate of drug-likeness (QED) is 0.636. The van der Waals surface area contributed by atoms with Crippen molar-refractivity contribution in [2.45, 2.75) is 0 Å². The van der Waals surface area contributed by atoms with Crippen LogP contribution in [0.4, 0.5) is 0 Å². The number of carboxylic acid groups (broad SMARTS) is 1. The van der Waals surface area contributed by atoms with E-state index in [1.807, 2.05) is 0 Å². The van der Waals surface area contributed by atoms with Crippen LogP contribution >= 0.6 is 11.6 Å². The van der Waals surface area contributed by atoms with Crippen LogP contribution in [-0.2, 0) is 0 Å². The first-order valence-electron chi connectivity index (χ1n) is 5.44. The second-order valence-corrected chi connectivity index (χ2v) is 4.45. The molecule has 94 valence electrons. The number of hydrogen-bond donors (Lipinski definition) is 0. The number of benzene rings is 2. The topological polar surface area (TPSA) is 70.3 Å². The van der Waals surface area contributed by atoms with Crippen LogP contribution in [0.15, 0.2) is 45.6 Å². The number of fused-ring (bicyclic) bond motifs is 2. The van der Waals surface area contributed by atoms with Crippen LogP contribution < -0.4 is 10.5 Å². The van der Waals surface area contributed by atoms with Crippen LogP contribution in [0.2, 0.25) is 5.02 Å². The number of carbonyl (C=O) groups is 1. The van der Waals surface area contributed by atoms with Crippen molar-refractivity contribution in [3.63, 3.8) is 0 Å². The summed E-state index contributed by atoms with van der Waals surface area (Å²) in [4.78, 5) is 23.1. The zero-order valence-electron chi connectivity index (χ0n) is 9.48. The Bertz CT molecular complexity index is 880. The van der Waals surface area contributed by atoms with Gasteiger partial charge < -0.3 is 14.3 Å². The number of hydrogen-bond acceptors (Lipinski definition) is 4. The van der Waals surface area contributed by atoms with E-state index >= 15 is 0 Å². The van der Waals surface area contributed by atoms with Crippen LogP contribution in [0, 0.1) is 0 Å². The van der Waals surface area contributed by atoms with E-state index in [1.165, 1.54) is 18.2 Å². The Morgan fingerprint density at radius 3 is 2.68 bits per heavy atom. The van der Waals surface area contributed by atoms with Gasteiger partial charge in [-0.25, -0.2) is 0 Å². The largest absolute Gasteiger partial charge is 0.545 e. The number of carbonyl (C=O) groups excluding carboxylic acids is 1. The highest BCUT2D eigenvalue weighted by molar-refractivity contribution is 6.34. The molecule has 19 heavy (non-hydrogen) atoms. The van der Waals surface area contributed by atoms with Gasteiger partial charge in [0.1, 0.15) is 5.58 Å². The summed E-state index contributed by atoms with van der Waals surface area (Å²) in [5.74, 6) is -1.34. The molecule has 5 heteroatoms. The highest BCUT2D eigenvalue weighted by atomic mass is 35.5. The van der Waals surface area contributed by atoms with Gasteiger partial charge in [-0.05, 0) is 35.9 Å². The van der Waals surface area contributed by atoms with Gasteiger partial charge in [-0.3, -0.25) is 4.79 Å². The summed E-state index contributed by atoms with van der Waals surface area (Å²) in [6.45, 7) is 0. The SMILES string of the molecule is O=C([O-])c1ccc2oc3c(Cl)cccc3c(=O)c2c1. The summed E-state index contributed by atoms with van der Waals surface area (Å²) >= 11 is 5.97. The molecule has 0 radical (unpaired) electrons. The molecular formula is C14H6ClO4-. The average molecular weight is 274 g/mol. The van der Waals surface area contributed by atoms with E-state index in [1.54, 1.807) is 18.2 Å². The van der Waals surface area contributed by atoms with E-state index in [4.69, 9.17) is 16.0 Å². The van der Waals surface area contributed by atoms with Gasteiger partial charge in [0.2, 0.25) is 5.43 Å². The van der Waals surface area contributed by atoms with E-state index in [9.17, 15) is 14.7 Å². The third-order valence-corrected chi connectivity index (χ3v) is 3.18. The summed E-state index contributed by atoms with van der Waals surface area (Å²) < 4.78 is 5.55. The van der Waals surface area contributed by atoms with Crippen LogP contribution in [0.5, 0.6) is 0 Å². The second-order valence-electron chi connectivity index (χ2n) is 4.05. The lowest BCUT2D eigenvalue weighted by molar-refractivity contribution is -0.255. The first-order valence-corrected chi connectivity index (χ1v) is 5.82. The standard InChI is InChI=1S/C14H7ClO4/c15-10-3-1-2-8-12(16)9-6-7(14(17)18)4-5-11(9)19-13(8)10/h1-6H,(H,17,18)/p-1. The number of para-hydroxylation sites is 1. The summed E-state index contributed by atoms with van der Waals surface area (Å²) in [6, 6.07) is 8.83. The summed E-state index contributed by atoms with van der Waals surface area (Å²) in [7, 11) is 0. The van der Waals surface area contributed by atoms with Gasteiger partial charge in [-0.15, -0.1) is 0 Å². The molecule has 4 nitrogen and oxygen atoms in total. The molecule has 0 saturated heterocycles. The molecule has 0 N–H and O–H groups in total. The smallest absolute Gasteiger partial charge is 0.200 e. The highest BCUT2D eigenvalue weighted by Gasteiger charge is 2.10. The number of aromatic carboxylic acids is 1. The highest BCUT2D eigenvalue weighted by Crippen LogP contribution is 2.25. The summed E-state index contributed by atoms with van der Waals surface area (Å²) in [5.41, 5.74) is 0.196. The molecule has 1 aromatic heterocycles. The minimum absolute atomic E-state index is 0.0684. The Labute approximate surface area is 111 Å². The van der Waals surface area contributed by atoms with Crippen molar-refractivity contribution in [1.29, 1.82) is 0 Å². The molecule has 0 bridgehead atoms. The molecule has 2 aromatic carbocycles. The predicted octanol–water partition coefficient (Wildman–Crippen LogP) is 1.96. The monoisotopic (exact) mass is 273 g/mol. The zero-order chi connectivity index (χ0) is 13.6. The normalized spacial score (nSPS) is 11.0. The zero-order valence-corrected chi connectivity index (χ0v) is 10.2. The molecule has 0 atom stereocenters. The third-order valence-electron chi connectivity index (χ3n) is 2.88. The lowest BCUT2D eigenvalue weighted by atomic mass is 10.1. The summed E-state index contributed by atoms with van der Waals surface area (Å²) in [6.07, 6.45) is 0. The molecular weight excluding hydrogens is 268 g/mol. The van der Waals surface area contributed by atoms with E-state index in [2.05, 4.69) is 0 Å². The Kier molecular flexibility index (Phi) is 2.54. The van der Waals surface area contributed by atoms with Gasteiger partial charge in [0.05, 0.1) is 21.8 Å². The van der Waals surface area contributed by atoms with Crippen molar-refractivity contribution < 1.29 is 14.3 Å². The van der Waals surface area contributed by atoms with Crippen LogP contribution in [-0.4, -0.2) is 5.97 Å². The van der Waals surface area contributed by atoms with Crippen molar-refractivity contribution in [2.24, 2.45) is 0 Å². The fourth-order valence-corrected chi connectivity index (χ4v) is 2.18. The average Bonchev–Trinajstić information content (AvgIpc) is 2.40. The molecule has 0 aliphatic rings. The molecule has 0 aliphatic carbocycles. The minimum Gasteiger partial charge on any atom is -0.545 e. The Hall–Kier alpha value is -2.33. The second kappa shape index (κ2) is 4.10. The first kappa shape index (κ1) is 11.7. The molecule has 0 spiro atoms. The van der Waals surface area contributed by atoms with E-state index in [0.29, 0.717) is 16.0 Å². The van der Waals surface area contributed by atoms with Crippen molar-refractivity contribution in [3.05, 3.63) is 57.2 Å². The van der Waals surface area contributed by atoms with Gasteiger partial charge in [-0.1, -0.05) is 17.7 Å². The van der Waals surface area contributed by atoms with Crippen molar-refractivity contribution in [1.82, 2.24) is 0 Å². The maximum absolute atomic E-state index is 12.3. The van der Waals surface area contributed by atoms with Gasteiger partial charge in [0.15, 0.2) is 5.58 Å². The van der Waals surface area contributed by atoms with Crippen LogP contribution in [0.25, 0.3) is 21.9 Å². The molecule has 3 aromatic rings. The van der Waals surface area contributed by atoms with E-state index in [-0.39, 0.29) is 22.0 Å². The van der Waals surface area contributed by atoms with Gasteiger partial charge >= 0.3 is 0 Å². The Balaban J connectivity index is 2.51. The minimum atomic E-state index is -1.34. The number of carboxylic acids is 1. The Morgan fingerprint density at radius 1 is 1.16 bits per heavy atom. The fourth-order valence-electron chi connectivity index (χ4n) is 1.97. The lowest BCUT2D eigenvalue weighted by Crippen LogP contribution is -2.22. The summed E-state index contributed by atoms with van der Waals surface area (Å²) in [5, 5.41) is 11.6. The van der Waals surface area contributed by atoms with Crippen molar-refractivity contribution in [2.75, 3.05) is 0 Å². The molecule has 0 saturated carbocycles. The van der Waals surface area contributed by atoms with Crippen molar-refractivity contribution >= 4 is 39.5 Å². The molecule has 0 fully saturated rings. The molecule has 0 unspecified atom stereocenters. The van der Waals surface area contributed by atoms with E-state index in [0.717, 1.165) is 0 Å². The van der Waals surface area contributed by atoms with Crippen molar-refractivity contribution in [3.8, 4) is 0 Å². The maximum atomic E-state index is 12.3. The molecule has 0 amide bonds. The van der Waals surface area contributed by atoms with E-state index < -0.39 is 5.97 Å². The predicted molar refractivity (Wildman–Crippen MR) is 69.3 cm³/mol. The van der Waals surface area contributed by atoms with Gasteiger partial charge in [0, 0.05) is 0 Å². The Morgan fingerprint density at radius 2 is 1.95 bits per heavy atom. The first-order chi connectivity index (χ1) is 9.08. The van der Waals surface area contributed by atoms with Crippen LogP contribution in [0.1, 0.15) is 10.4 Å². The number of rotatable bonds is 1. The lowest BCUT2D eigenvalue weighted by Gasteiger charge is -2.05. The van der Waals surface area contributed by atoms with Gasteiger partial charge in [-0.2, -0.15) is 0 Å². The molecule has 1 heterocycles. The third kappa shape index (κ3) is 1.77. The molecule has 0 aliphatic heterocycles.